The van der Waals surface area contributed by atoms with E-state index in [0.29, 0.717) is 5.92 Å². The average Bonchev–Trinajstić information content (AvgIpc) is 2.56. The second-order valence-corrected chi connectivity index (χ2v) is 11.0. The highest BCUT2D eigenvalue weighted by atomic mass is 28.3. The molecule has 0 bridgehead atoms. The molecule has 0 unspecified atom stereocenters. The van der Waals surface area contributed by atoms with E-state index in [2.05, 4.69) is 0 Å². The summed E-state index contributed by atoms with van der Waals surface area (Å²) in [5, 5.41) is 0. The molecule has 0 saturated heterocycles. The van der Waals surface area contributed by atoms with Gasteiger partial charge in [-0.2, -0.15) is 0 Å². The Hall–Kier alpha value is 0.411. The summed E-state index contributed by atoms with van der Waals surface area (Å²) in [4.78, 5) is 0. The molecule has 0 aromatic heterocycles. The molecule has 0 aromatic rings. The maximum atomic E-state index is 5.38. The standard InChI is InChI=1S/C13H31O6Si3/c1-14-20(15-2)10-7-13(8-11-21(16-3)17-4)9-12-22(18-5)19-6/h13H,7-12H2,1-6H3. The van der Waals surface area contributed by atoms with E-state index >= 15 is 0 Å². The number of hydrogen-bond acceptors (Lipinski definition) is 6. The van der Waals surface area contributed by atoms with Gasteiger partial charge in [0.2, 0.25) is 0 Å². The van der Waals surface area contributed by atoms with E-state index in [1.54, 1.807) is 42.7 Å². The summed E-state index contributed by atoms with van der Waals surface area (Å²) in [6.45, 7) is 0. The molecule has 131 valence electrons. The summed E-state index contributed by atoms with van der Waals surface area (Å²) in [6.07, 6.45) is 3.30. The quantitative estimate of drug-likeness (QED) is 0.413. The average molecular weight is 368 g/mol. The van der Waals surface area contributed by atoms with Crippen LogP contribution < -0.4 is 0 Å². The van der Waals surface area contributed by atoms with Crippen molar-refractivity contribution in [1.29, 1.82) is 0 Å². The summed E-state index contributed by atoms with van der Waals surface area (Å²) < 4.78 is 32.3. The zero-order valence-corrected chi connectivity index (χ0v) is 17.8. The van der Waals surface area contributed by atoms with Crippen LogP contribution in [0.4, 0.5) is 0 Å². The van der Waals surface area contributed by atoms with E-state index in [0.717, 1.165) is 37.4 Å². The lowest BCUT2D eigenvalue weighted by molar-refractivity contribution is 0.261. The van der Waals surface area contributed by atoms with Crippen LogP contribution in [0.1, 0.15) is 19.3 Å². The van der Waals surface area contributed by atoms with Crippen molar-refractivity contribution in [1.82, 2.24) is 0 Å². The minimum Gasteiger partial charge on any atom is -0.397 e. The molecule has 0 aliphatic heterocycles. The van der Waals surface area contributed by atoms with Gasteiger partial charge in [-0.05, 0) is 43.3 Å². The van der Waals surface area contributed by atoms with Gasteiger partial charge in [0.1, 0.15) is 0 Å². The third-order valence-electron chi connectivity index (χ3n) is 3.64. The van der Waals surface area contributed by atoms with Gasteiger partial charge >= 0.3 is 27.9 Å². The summed E-state index contributed by atoms with van der Waals surface area (Å²) in [7, 11) is 6.96. The first-order valence-corrected chi connectivity index (χ1v) is 12.0. The Bertz CT molecular complexity index is 200. The second-order valence-electron chi connectivity index (χ2n) is 4.82. The molecule has 0 saturated carbocycles. The normalized spacial score (nSPS) is 12.3. The van der Waals surface area contributed by atoms with Crippen molar-refractivity contribution in [3.05, 3.63) is 0 Å². The third-order valence-corrected chi connectivity index (χ3v) is 8.46. The first-order valence-electron chi connectivity index (χ1n) is 7.46. The molecule has 6 nitrogen and oxygen atoms in total. The molecule has 3 radical (unpaired) electrons. The topological polar surface area (TPSA) is 55.4 Å². The molecule has 0 N–H and O–H groups in total. The van der Waals surface area contributed by atoms with Crippen LogP contribution >= 0.6 is 0 Å². The van der Waals surface area contributed by atoms with Crippen LogP contribution in [0.5, 0.6) is 0 Å². The van der Waals surface area contributed by atoms with Crippen LogP contribution in [0, 0.1) is 5.92 Å². The Morgan fingerprint density at radius 2 is 0.727 bits per heavy atom. The molecule has 9 heteroatoms. The SMILES string of the molecule is CO[Si](CCC(CC[Si](OC)OC)CC[Si](OC)OC)OC. The molecule has 0 heterocycles. The first kappa shape index (κ1) is 22.4. The molecular weight excluding hydrogens is 336 g/mol. The molecule has 0 amide bonds. The molecule has 0 rings (SSSR count). The van der Waals surface area contributed by atoms with Crippen LogP contribution in [0.15, 0.2) is 0 Å². The van der Waals surface area contributed by atoms with Gasteiger partial charge < -0.3 is 26.6 Å². The van der Waals surface area contributed by atoms with Gasteiger partial charge in [0, 0.05) is 42.7 Å². The highest BCUT2D eigenvalue weighted by Crippen LogP contribution is 2.24. The zero-order chi connectivity index (χ0) is 16.8. The van der Waals surface area contributed by atoms with Crippen molar-refractivity contribution >= 4 is 27.9 Å². The smallest absolute Gasteiger partial charge is 0.384 e. The van der Waals surface area contributed by atoms with Gasteiger partial charge in [-0.15, -0.1) is 0 Å². The van der Waals surface area contributed by atoms with E-state index in [1.165, 1.54) is 0 Å². The summed E-state index contributed by atoms with van der Waals surface area (Å²) in [6, 6.07) is 2.98. The van der Waals surface area contributed by atoms with Crippen LogP contribution in [0.3, 0.4) is 0 Å². The molecule has 0 aromatic carbocycles. The predicted octanol–water partition coefficient (Wildman–Crippen LogP) is 2.12. The van der Waals surface area contributed by atoms with Gasteiger partial charge in [0.05, 0.1) is 0 Å². The molecule has 0 aliphatic carbocycles. The maximum Gasteiger partial charge on any atom is 0.384 e. The van der Waals surface area contributed by atoms with Gasteiger partial charge in [0.25, 0.3) is 0 Å². The second kappa shape index (κ2) is 15.0. The Morgan fingerprint density at radius 1 is 0.500 bits per heavy atom. The van der Waals surface area contributed by atoms with Crippen LogP contribution in [0.25, 0.3) is 0 Å². The zero-order valence-electron chi connectivity index (χ0n) is 14.8. The molecular formula is C13H31O6Si3. The van der Waals surface area contributed by atoms with Crippen molar-refractivity contribution in [2.75, 3.05) is 42.7 Å². The molecule has 0 fully saturated rings. The third kappa shape index (κ3) is 10.2. The monoisotopic (exact) mass is 367 g/mol. The highest BCUT2D eigenvalue weighted by molar-refractivity contribution is 6.45. The maximum absolute atomic E-state index is 5.38. The lowest BCUT2D eigenvalue weighted by atomic mass is 10.0. The summed E-state index contributed by atoms with van der Waals surface area (Å²) in [5.41, 5.74) is 0. The van der Waals surface area contributed by atoms with Crippen molar-refractivity contribution in [2.24, 2.45) is 5.92 Å². The Kier molecular flexibility index (Phi) is 15.2. The van der Waals surface area contributed by atoms with Crippen LogP contribution in [-0.4, -0.2) is 70.5 Å². The fourth-order valence-corrected chi connectivity index (χ4v) is 5.92. The van der Waals surface area contributed by atoms with E-state index in [1.807, 2.05) is 0 Å². The minimum absolute atomic E-state index is 0.598. The van der Waals surface area contributed by atoms with Gasteiger partial charge in [0.15, 0.2) is 0 Å². The van der Waals surface area contributed by atoms with E-state index in [9.17, 15) is 0 Å². The van der Waals surface area contributed by atoms with Crippen molar-refractivity contribution in [3.8, 4) is 0 Å². The van der Waals surface area contributed by atoms with Crippen molar-refractivity contribution < 1.29 is 26.6 Å². The van der Waals surface area contributed by atoms with E-state index in [-0.39, 0.29) is 0 Å². The van der Waals surface area contributed by atoms with E-state index < -0.39 is 27.9 Å². The fraction of sp³-hybridized carbons (Fsp3) is 1.00. The lowest BCUT2D eigenvalue weighted by Gasteiger charge is -2.20. The Morgan fingerprint density at radius 3 is 0.909 bits per heavy atom. The molecule has 22 heavy (non-hydrogen) atoms. The van der Waals surface area contributed by atoms with Gasteiger partial charge in [-0.1, -0.05) is 0 Å². The van der Waals surface area contributed by atoms with Gasteiger partial charge in [-0.25, -0.2) is 0 Å². The lowest BCUT2D eigenvalue weighted by Crippen LogP contribution is -2.24. The molecule has 0 atom stereocenters. The Labute approximate surface area is 140 Å². The summed E-state index contributed by atoms with van der Waals surface area (Å²) in [5.74, 6) is 0.598. The Balaban J connectivity index is 4.34. The number of rotatable bonds is 15. The minimum atomic E-state index is -1.12. The van der Waals surface area contributed by atoms with Crippen molar-refractivity contribution in [3.63, 3.8) is 0 Å². The van der Waals surface area contributed by atoms with E-state index in [4.69, 9.17) is 26.6 Å². The van der Waals surface area contributed by atoms with Crippen molar-refractivity contribution in [2.45, 2.75) is 37.4 Å². The van der Waals surface area contributed by atoms with Crippen LogP contribution in [0.2, 0.25) is 18.1 Å². The summed E-state index contributed by atoms with van der Waals surface area (Å²) >= 11 is 0. The largest absolute Gasteiger partial charge is 0.397 e. The highest BCUT2D eigenvalue weighted by Gasteiger charge is 2.22. The first-order chi connectivity index (χ1) is 10.6. The van der Waals surface area contributed by atoms with Gasteiger partial charge in [-0.3, -0.25) is 0 Å². The van der Waals surface area contributed by atoms with Crippen LogP contribution in [-0.2, 0) is 26.6 Å². The molecule has 0 spiro atoms. The predicted molar refractivity (Wildman–Crippen MR) is 91.1 cm³/mol. The molecule has 0 aliphatic rings. The number of hydrogen-bond donors (Lipinski definition) is 0. The fourth-order valence-electron chi connectivity index (χ4n) is 2.26.